The summed E-state index contributed by atoms with van der Waals surface area (Å²) in [7, 11) is -4.77. The number of carbonyl (C=O) groups excluding carboxylic acids is 2. The van der Waals surface area contributed by atoms with Crippen LogP contribution in [0.3, 0.4) is 0 Å². The first-order chi connectivity index (χ1) is 23.7. The van der Waals surface area contributed by atoms with Gasteiger partial charge in [-0.25, -0.2) is 4.57 Å². The first-order valence-electron chi connectivity index (χ1n) is 19.0. The second-order valence-corrected chi connectivity index (χ2v) is 14.0. The number of phosphoric acid groups is 1. The largest absolute Gasteiger partial charge is 0.469 e. The molecular formula is C39H69O9P. The Hall–Kier alpha value is -2.03. The highest BCUT2D eigenvalue weighted by atomic mass is 31.2. The molecule has 0 radical (unpaired) electrons. The molecule has 0 heterocycles. The van der Waals surface area contributed by atoms with Gasteiger partial charge in [0.15, 0.2) is 6.10 Å². The summed E-state index contributed by atoms with van der Waals surface area (Å²) in [6.07, 6.45) is 37.3. The minimum Gasteiger partial charge on any atom is -0.462 e. The second kappa shape index (κ2) is 34.4. The van der Waals surface area contributed by atoms with Crippen molar-refractivity contribution in [1.82, 2.24) is 0 Å². The maximum Gasteiger partial charge on any atom is 0.469 e. The number of ether oxygens (including phenoxy) is 2. The Morgan fingerprint density at radius 2 is 1.16 bits per heavy atom. The number of allylic oxidation sites excluding steroid dienone is 6. The van der Waals surface area contributed by atoms with E-state index >= 15 is 0 Å². The van der Waals surface area contributed by atoms with Crippen molar-refractivity contribution in [2.75, 3.05) is 13.2 Å². The van der Waals surface area contributed by atoms with Crippen LogP contribution in [0.4, 0.5) is 0 Å². The van der Waals surface area contributed by atoms with Crippen molar-refractivity contribution < 1.29 is 43.0 Å². The Labute approximate surface area is 297 Å². The Morgan fingerprint density at radius 3 is 1.73 bits per heavy atom. The molecule has 9 nitrogen and oxygen atoms in total. The summed E-state index contributed by atoms with van der Waals surface area (Å²) in [6, 6.07) is 0. The van der Waals surface area contributed by atoms with Crippen molar-refractivity contribution in [3.8, 4) is 0 Å². The number of hydrogen-bond donors (Lipinski definition) is 3. The van der Waals surface area contributed by atoms with E-state index in [1.54, 1.807) is 6.08 Å². The highest BCUT2D eigenvalue weighted by Crippen LogP contribution is 2.36. The summed E-state index contributed by atoms with van der Waals surface area (Å²) in [5.41, 5.74) is 0. The normalized spacial score (nSPS) is 13.7. The third kappa shape index (κ3) is 37.1. The van der Waals surface area contributed by atoms with Gasteiger partial charge in [0.2, 0.25) is 0 Å². The zero-order valence-electron chi connectivity index (χ0n) is 30.7. The summed E-state index contributed by atoms with van der Waals surface area (Å²) >= 11 is 0. The van der Waals surface area contributed by atoms with Crippen molar-refractivity contribution >= 4 is 19.8 Å². The SMILES string of the molecule is CC/C=C/CC(O)/C=C/C=C/CCCCCCCC(=O)OC[C@H](COP(=O)(O)O)OC(=O)CCCCCCCCC/C=C\CCCCCC. The number of aliphatic hydroxyl groups excluding tert-OH is 1. The van der Waals surface area contributed by atoms with Gasteiger partial charge in [0.1, 0.15) is 6.61 Å². The molecule has 0 aromatic carbocycles. The molecule has 3 N–H and O–H groups in total. The van der Waals surface area contributed by atoms with Gasteiger partial charge in [-0.3, -0.25) is 14.1 Å². The van der Waals surface area contributed by atoms with E-state index in [0.717, 1.165) is 64.2 Å². The van der Waals surface area contributed by atoms with Gasteiger partial charge in [0.25, 0.3) is 0 Å². The minimum atomic E-state index is -4.77. The lowest BCUT2D eigenvalue weighted by Crippen LogP contribution is -2.29. The van der Waals surface area contributed by atoms with Gasteiger partial charge in [0, 0.05) is 12.8 Å². The van der Waals surface area contributed by atoms with E-state index < -0.39 is 38.6 Å². The lowest BCUT2D eigenvalue weighted by molar-refractivity contribution is -0.161. The average molecular weight is 713 g/mol. The molecule has 0 aliphatic rings. The lowest BCUT2D eigenvalue weighted by atomic mass is 10.1. The molecule has 0 aliphatic carbocycles. The van der Waals surface area contributed by atoms with Crippen molar-refractivity contribution in [1.29, 1.82) is 0 Å². The van der Waals surface area contributed by atoms with Crippen LogP contribution in [0.25, 0.3) is 0 Å². The molecule has 10 heteroatoms. The van der Waals surface area contributed by atoms with Gasteiger partial charge in [-0.1, -0.05) is 133 Å². The van der Waals surface area contributed by atoms with Crippen LogP contribution in [-0.4, -0.2) is 52.3 Å². The Balaban J connectivity index is 4.04. The summed E-state index contributed by atoms with van der Waals surface area (Å²) in [4.78, 5) is 42.7. The molecule has 284 valence electrons. The maximum absolute atomic E-state index is 12.4. The van der Waals surface area contributed by atoms with Crippen molar-refractivity contribution in [3.05, 3.63) is 48.6 Å². The fourth-order valence-corrected chi connectivity index (χ4v) is 5.41. The Bertz CT molecular complexity index is 954. The number of aliphatic hydroxyl groups is 1. The molecule has 0 saturated heterocycles. The molecule has 0 aromatic rings. The van der Waals surface area contributed by atoms with Crippen LogP contribution in [0.15, 0.2) is 48.6 Å². The van der Waals surface area contributed by atoms with E-state index in [1.165, 1.54) is 51.4 Å². The lowest BCUT2D eigenvalue weighted by Gasteiger charge is -2.18. The fraction of sp³-hybridized carbons (Fsp3) is 0.744. The molecule has 0 fully saturated rings. The molecule has 0 bridgehead atoms. The molecule has 0 amide bonds. The van der Waals surface area contributed by atoms with E-state index in [4.69, 9.17) is 19.3 Å². The van der Waals surface area contributed by atoms with E-state index in [2.05, 4.69) is 36.6 Å². The zero-order valence-corrected chi connectivity index (χ0v) is 31.6. The number of unbranched alkanes of at least 4 members (excludes halogenated alkanes) is 16. The number of hydrogen-bond acceptors (Lipinski definition) is 7. The summed E-state index contributed by atoms with van der Waals surface area (Å²) < 4.78 is 26.3. The summed E-state index contributed by atoms with van der Waals surface area (Å²) in [6.45, 7) is 3.42. The molecule has 49 heavy (non-hydrogen) atoms. The van der Waals surface area contributed by atoms with E-state index in [0.29, 0.717) is 19.3 Å². The Morgan fingerprint density at radius 1 is 0.633 bits per heavy atom. The second-order valence-electron chi connectivity index (χ2n) is 12.7. The maximum atomic E-state index is 12.4. The van der Waals surface area contributed by atoms with Crippen LogP contribution in [0.2, 0.25) is 0 Å². The van der Waals surface area contributed by atoms with E-state index in [1.807, 2.05) is 24.3 Å². The zero-order chi connectivity index (χ0) is 36.3. The van der Waals surface area contributed by atoms with E-state index in [-0.39, 0.29) is 19.4 Å². The summed E-state index contributed by atoms with van der Waals surface area (Å²) in [5.74, 6) is -0.946. The topological polar surface area (TPSA) is 140 Å². The minimum absolute atomic E-state index is 0.190. The van der Waals surface area contributed by atoms with Gasteiger partial charge in [-0.15, -0.1) is 0 Å². The summed E-state index contributed by atoms with van der Waals surface area (Å²) in [5, 5.41) is 9.82. The Kier molecular flexibility index (Phi) is 33.0. The van der Waals surface area contributed by atoms with Crippen LogP contribution in [-0.2, 0) is 28.2 Å². The number of rotatable bonds is 34. The first-order valence-corrected chi connectivity index (χ1v) is 20.6. The standard InChI is InChI=1S/C39H69O9P/c1-3-5-7-8-9-10-11-12-13-14-15-18-22-25-29-33-39(42)48-37(35-47-49(43,44)45)34-46-38(41)32-28-24-21-19-16-17-20-23-27-31-36(40)30-26-6-4-2/h6,10-11,20,23,26-27,31,36-37,40H,3-5,7-9,12-19,21-22,24-25,28-30,32-35H2,1-2H3,(H2,43,44,45)/b11-10-,23-20+,26-6+,31-27+/t36?,37-/m1/s1. The molecule has 0 aliphatic heterocycles. The van der Waals surface area contributed by atoms with Crippen LogP contribution >= 0.6 is 7.82 Å². The third-order valence-electron chi connectivity index (χ3n) is 7.91. The number of esters is 2. The van der Waals surface area contributed by atoms with Gasteiger partial charge in [-0.2, -0.15) is 0 Å². The van der Waals surface area contributed by atoms with Crippen LogP contribution in [0, 0.1) is 0 Å². The van der Waals surface area contributed by atoms with Crippen molar-refractivity contribution in [2.45, 2.75) is 174 Å². The molecule has 2 atom stereocenters. The smallest absolute Gasteiger partial charge is 0.462 e. The van der Waals surface area contributed by atoms with Crippen LogP contribution < -0.4 is 0 Å². The van der Waals surface area contributed by atoms with E-state index in [9.17, 15) is 19.3 Å². The number of carbonyl (C=O) groups is 2. The van der Waals surface area contributed by atoms with Gasteiger partial charge in [-0.05, 0) is 64.2 Å². The van der Waals surface area contributed by atoms with Crippen LogP contribution in [0.1, 0.15) is 162 Å². The monoisotopic (exact) mass is 712 g/mol. The first kappa shape index (κ1) is 47.0. The molecule has 0 aromatic heterocycles. The number of phosphoric ester groups is 1. The molecule has 0 spiro atoms. The molecule has 0 saturated carbocycles. The predicted molar refractivity (Wildman–Crippen MR) is 199 cm³/mol. The highest BCUT2D eigenvalue weighted by molar-refractivity contribution is 7.46. The van der Waals surface area contributed by atoms with Gasteiger partial charge in [0.05, 0.1) is 12.7 Å². The molecular weight excluding hydrogens is 643 g/mol. The molecule has 0 rings (SSSR count). The highest BCUT2D eigenvalue weighted by Gasteiger charge is 2.22. The third-order valence-corrected chi connectivity index (χ3v) is 8.40. The fourth-order valence-electron chi connectivity index (χ4n) is 5.05. The van der Waals surface area contributed by atoms with Crippen molar-refractivity contribution in [3.63, 3.8) is 0 Å². The van der Waals surface area contributed by atoms with Crippen LogP contribution in [0.5, 0.6) is 0 Å². The van der Waals surface area contributed by atoms with Gasteiger partial charge < -0.3 is 24.4 Å². The van der Waals surface area contributed by atoms with Crippen molar-refractivity contribution in [2.24, 2.45) is 0 Å². The predicted octanol–water partition coefficient (Wildman–Crippen LogP) is 10.1. The quantitative estimate of drug-likeness (QED) is 0.0195. The average Bonchev–Trinajstić information content (AvgIpc) is 3.06. The van der Waals surface area contributed by atoms with Gasteiger partial charge >= 0.3 is 19.8 Å². The molecule has 1 unspecified atom stereocenters.